The number of nitrogens with zero attached hydrogens (tertiary/aromatic N) is 1. The van der Waals surface area contributed by atoms with Crippen LogP contribution in [-0.4, -0.2) is 55.4 Å². The maximum atomic E-state index is 11.4. The van der Waals surface area contributed by atoms with Crippen molar-refractivity contribution < 1.29 is 9.53 Å². The van der Waals surface area contributed by atoms with Crippen LogP contribution in [0.1, 0.15) is 40.5 Å². The van der Waals surface area contributed by atoms with Crippen molar-refractivity contribution in [3.05, 3.63) is 0 Å². The van der Waals surface area contributed by atoms with E-state index < -0.39 is 5.60 Å². The zero-order chi connectivity index (χ0) is 14.5. The van der Waals surface area contributed by atoms with Gasteiger partial charge in [0.05, 0.1) is 0 Å². The number of carbonyl (C=O) groups is 1. The van der Waals surface area contributed by atoms with E-state index in [2.05, 4.69) is 29.5 Å². The Morgan fingerprint density at radius 3 is 2.58 bits per heavy atom. The molecule has 2 N–H and O–H groups in total. The maximum Gasteiger partial charge on any atom is 0.407 e. The summed E-state index contributed by atoms with van der Waals surface area (Å²) in [4.78, 5) is 13.8. The standard InChI is InChI=1S/C14H29N3O2/c1-11-9-12(10-17(11)5)15-7-6-8-16-13(18)19-14(2,3)4/h11-12,15H,6-10H2,1-5H3,(H,16,18)/t11-,12+/m0/s1. The summed E-state index contributed by atoms with van der Waals surface area (Å²) in [6.45, 7) is 10.6. The molecule has 2 atom stereocenters. The molecular formula is C14H29N3O2. The molecule has 5 heteroatoms. The lowest BCUT2D eigenvalue weighted by atomic mass is 10.2. The number of nitrogens with one attached hydrogen (secondary N) is 2. The fourth-order valence-corrected chi connectivity index (χ4v) is 2.24. The van der Waals surface area contributed by atoms with Crippen molar-refractivity contribution in [1.82, 2.24) is 15.5 Å². The Hall–Kier alpha value is -0.810. The zero-order valence-corrected chi connectivity index (χ0v) is 13.0. The molecular weight excluding hydrogens is 242 g/mol. The summed E-state index contributed by atoms with van der Waals surface area (Å²) in [6.07, 6.45) is 1.80. The molecule has 1 fully saturated rings. The Balaban J connectivity index is 2.01. The van der Waals surface area contributed by atoms with E-state index in [9.17, 15) is 4.79 Å². The molecule has 0 unspecified atom stereocenters. The quantitative estimate of drug-likeness (QED) is 0.746. The lowest BCUT2D eigenvalue weighted by Gasteiger charge is -2.19. The first-order valence-electron chi connectivity index (χ1n) is 7.18. The Bertz CT molecular complexity index is 279. The minimum Gasteiger partial charge on any atom is -0.444 e. The van der Waals surface area contributed by atoms with Crippen molar-refractivity contribution in [3.63, 3.8) is 0 Å². The SMILES string of the molecule is C[C@H]1C[C@@H](NCCCNC(=O)OC(C)(C)C)CN1C. The summed E-state index contributed by atoms with van der Waals surface area (Å²) < 4.78 is 5.17. The normalized spacial score (nSPS) is 24.5. The van der Waals surface area contributed by atoms with E-state index in [0.29, 0.717) is 18.6 Å². The number of amides is 1. The lowest BCUT2D eigenvalue weighted by molar-refractivity contribution is 0.0527. The topological polar surface area (TPSA) is 53.6 Å². The molecule has 5 nitrogen and oxygen atoms in total. The molecule has 0 aromatic heterocycles. The van der Waals surface area contributed by atoms with Gasteiger partial charge >= 0.3 is 6.09 Å². The van der Waals surface area contributed by atoms with Gasteiger partial charge < -0.3 is 20.3 Å². The van der Waals surface area contributed by atoms with E-state index in [1.165, 1.54) is 6.42 Å². The molecule has 0 saturated carbocycles. The van der Waals surface area contributed by atoms with Gasteiger partial charge in [-0.25, -0.2) is 4.79 Å². The smallest absolute Gasteiger partial charge is 0.407 e. The van der Waals surface area contributed by atoms with Gasteiger partial charge in [-0.2, -0.15) is 0 Å². The summed E-state index contributed by atoms with van der Waals surface area (Å²) in [5, 5.41) is 6.30. The van der Waals surface area contributed by atoms with E-state index >= 15 is 0 Å². The molecule has 0 aromatic rings. The monoisotopic (exact) mass is 271 g/mol. The summed E-state index contributed by atoms with van der Waals surface area (Å²) in [5.74, 6) is 0. The molecule has 0 spiro atoms. The van der Waals surface area contributed by atoms with Crippen molar-refractivity contribution in [2.45, 2.75) is 58.2 Å². The molecule has 1 aliphatic heterocycles. The Labute approximate surface area is 117 Å². The number of hydrogen-bond acceptors (Lipinski definition) is 4. The van der Waals surface area contributed by atoms with Gasteiger partial charge in [0.15, 0.2) is 0 Å². The summed E-state index contributed by atoms with van der Waals surface area (Å²) >= 11 is 0. The number of rotatable bonds is 5. The van der Waals surface area contributed by atoms with Crippen LogP contribution in [0.3, 0.4) is 0 Å². The molecule has 112 valence electrons. The van der Waals surface area contributed by atoms with Crippen LogP contribution in [-0.2, 0) is 4.74 Å². The summed E-state index contributed by atoms with van der Waals surface area (Å²) in [6, 6.07) is 1.25. The second kappa shape index (κ2) is 7.10. The van der Waals surface area contributed by atoms with Gasteiger partial charge in [0, 0.05) is 25.2 Å². The number of likely N-dealkylation sites (tertiary alicyclic amines) is 1. The second-order valence-electron chi connectivity index (χ2n) is 6.46. The van der Waals surface area contributed by atoms with Crippen LogP contribution >= 0.6 is 0 Å². The average molecular weight is 271 g/mol. The van der Waals surface area contributed by atoms with Crippen LogP contribution in [0.2, 0.25) is 0 Å². The summed E-state index contributed by atoms with van der Waals surface area (Å²) in [7, 11) is 2.16. The van der Waals surface area contributed by atoms with Crippen molar-refractivity contribution in [2.24, 2.45) is 0 Å². The highest BCUT2D eigenvalue weighted by atomic mass is 16.6. The van der Waals surface area contributed by atoms with Gasteiger partial charge in [-0.15, -0.1) is 0 Å². The molecule has 19 heavy (non-hydrogen) atoms. The van der Waals surface area contributed by atoms with Gasteiger partial charge in [-0.3, -0.25) is 0 Å². The predicted molar refractivity (Wildman–Crippen MR) is 77.4 cm³/mol. The van der Waals surface area contributed by atoms with E-state index in [1.807, 2.05) is 20.8 Å². The van der Waals surface area contributed by atoms with Gasteiger partial charge in [-0.05, 0) is 54.1 Å². The van der Waals surface area contributed by atoms with E-state index in [-0.39, 0.29) is 6.09 Å². The van der Waals surface area contributed by atoms with Crippen molar-refractivity contribution in [2.75, 3.05) is 26.7 Å². The first-order valence-corrected chi connectivity index (χ1v) is 7.18. The molecule has 1 saturated heterocycles. The van der Waals surface area contributed by atoms with Gasteiger partial charge in [0.25, 0.3) is 0 Å². The van der Waals surface area contributed by atoms with Gasteiger partial charge in [0.1, 0.15) is 5.60 Å². The molecule has 1 aliphatic rings. The van der Waals surface area contributed by atoms with Crippen molar-refractivity contribution in [3.8, 4) is 0 Å². The third kappa shape index (κ3) is 6.78. The molecule has 0 bridgehead atoms. The number of alkyl carbamates (subject to hydrolysis) is 1. The van der Waals surface area contributed by atoms with E-state index in [4.69, 9.17) is 4.74 Å². The predicted octanol–water partition coefficient (Wildman–Crippen LogP) is 1.58. The highest BCUT2D eigenvalue weighted by Gasteiger charge is 2.25. The number of ether oxygens (including phenoxy) is 1. The Morgan fingerprint density at radius 2 is 2.05 bits per heavy atom. The molecule has 0 radical (unpaired) electrons. The van der Waals surface area contributed by atoms with Gasteiger partial charge in [-0.1, -0.05) is 0 Å². The highest BCUT2D eigenvalue weighted by molar-refractivity contribution is 5.67. The largest absolute Gasteiger partial charge is 0.444 e. The third-order valence-corrected chi connectivity index (χ3v) is 3.34. The molecule has 1 rings (SSSR count). The second-order valence-corrected chi connectivity index (χ2v) is 6.46. The first kappa shape index (κ1) is 16.2. The number of carbonyl (C=O) groups excluding carboxylic acids is 1. The van der Waals surface area contributed by atoms with Crippen LogP contribution in [0.4, 0.5) is 4.79 Å². The van der Waals surface area contributed by atoms with Crippen LogP contribution in [0.25, 0.3) is 0 Å². The fourth-order valence-electron chi connectivity index (χ4n) is 2.24. The van der Waals surface area contributed by atoms with Crippen molar-refractivity contribution in [1.29, 1.82) is 0 Å². The molecule has 0 aliphatic carbocycles. The molecule has 1 heterocycles. The average Bonchev–Trinajstić information content (AvgIpc) is 2.55. The number of hydrogen-bond donors (Lipinski definition) is 2. The van der Waals surface area contributed by atoms with Gasteiger partial charge in [0.2, 0.25) is 0 Å². The summed E-state index contributed by atoms with van der Waals surface area (Å²) in [5.41, 5.74) is -0.424. The van der Waals surface area contributed by atoms with E-state index in [1.54, 1.807) is 0 Å². The van der Waals surface area contributed by atoms with Crippen LogP contribution in [0, 0.1) is 0 Å². The van der Waals surface area contributed by atoms with Crippen LogP contribution in [0.5, 0.6) is 0 Å². The Kier molecular flexibility index (Phi) is 6.07. The first-order chi connectivity index (χ1) is 8.78. The van der Waals surface area contributed by atoms with Crippen LogP contribution < -0.4 is 10.6 Å². The zero-order valence-electron chi connectivity index (χ0n) is 13.0. The molecule has 1 amide bonds. The third-order valence-electron chi connectivity index (χ3n) is 3.34. The van der Waals surface area contributed by atoms with Crippen LogP contribution in [0.15, 0.2) is 0 Å². The maximum absolute atomic E-state index is 11.4. The number of likely N-dealkylation sites (N-methyl/N-ethyl adjacent to an activating group) is 1. The lowest BCUT2D eigenvalue weighted by Crippen LogP contribution is -2.36. The highest BCUT2D eigenvalue weighted by Crippen LogP contribution is 2.14. The minimum atomic E-state index is -0.424. The van der Waals surface area contributed by atoms with E-state index in [0.717, 1.165) is 19.5 Å². The Morgan fingerprint density at radius 1 is 1.37 bits per heavy atom. The van der Waals surface area contributed by atoms with Crippen molar-refractivity contribution >= 4 is 6.09 Å². The molecule has 0 aromatic carbocycles. The fraction of sp³-hybridized carbons (Fsp3) is 0.929. The minimum absolute atomic E-state index is 0.332.